The second kappa shape index (κ2) is 8.80. The van der Waals surface area contributed by atoms with E-state index >= 15 is 0 Å². The second-order valence-electron chi connectivity index (χ2n) is 6.09. The van der Waals surface area contributed by atoms with E-state index in [0.717, 1.165) is 13.1 Å². The number of rotatable bonds is 5. The Bertz CT molecular complexity index is 774. The SMILES string of the molecule is O=C(C[NH+]1CCOCC1)Nc1ccccc1C(=O)Nc1ccc(Cl)cc1. The number of anilines is 2. The maximum atomic E-state index is 12.6. The predicted octanol–water partition coefficient (Wildman–Crippen LogP) is 1.45. The molecule has 7 heteroatoms. The van der Waals surface area contributed by atoms with Crippen LogP contribution < -0.4 is 15.5 Å². The first kappa shape index (κ1) is 18.4. The van der Waals surface area contributed by atoms with Crippen LogP contribution in [0.3, 0.4) is 0 Å². The molecule has 1 aliphatic rings. The minimum atomic E-state index is -0.290. The number of benzene rings is 2. The van der Waals surface area contributed by atoms with E-state index in [1.807, 2.05) is 0 Å². The lowest BCUT2D eigenvalue weighted by molar-refractivity contribution is -0.899. The van der Waals surface area contributed by atoms with Gasteiger partial charge in [-0.2, -0.15) is 0 Å². The molecule has 2 aromatic carbocycles. The molecular formula is C19H21ClN3O3+. The monoisotopic (exact) mass is 374 g/mol. The Hall–Kier alpha value is -2.41. The maximum Gasteiger partial charge on any atom is 0.279 e. The number of hydrogen-bond donors (Lipinski definition) is 3. The number of amides is 2. The molecule has 1 heterocycles. The molecule has 2 amide bonds. The van der Waals surface area contributed by atoms with Crippen LogP contribution in [0.4, 0.5) is 11.4 Å². The van der Waals surface area contributed by atoms with Crippen molar-refractivity contribution in [2.75, 3.05) is 43.5 Å². The number of para-hydroxylation sites is 1. The Morgan fingerprint density at radius 1 is 1.00 bits per heavy atom. The molecule has 0 aliphatic carbocycles. The standard InChI is InChI=1S/C19H20ClN3O3/c20-14-5-7-15(8-6-14)21-19(25)16-3-1-2-4-17(16)22-18(24)13-23-9-11-26-12-10-23/h1-8H,9-13H2,(H,21,25)(H,22,24)/p+1. The van der Waals surface area contributed by atoms with Crippen LogP contribution in [0.15, 0.2) is 48.5 Å². The highest BCUT2D eigenvalue weighted by Gasteiger charge is 2.19. The summed E-state index contributed by atoms with van der Waals surface area (Å²) in [5.41, 5.74) is 1.54. The molecule has 0 bridgehead atoms. The van der Waals surface area contributed by atoms with Gasteiger partial charge in [-0.3, -0.25) is 9.59 Å². The minimum absolute atomic E-state index is 0.117. The van der Waals surface area contributed by atoms with Crippen LogP contribution in [0.2, 0.25) is 5.02 Å². The van der Waals surface area contributed by atoms with E-state index in [9.17, 15) is 9.59 Å². The highest BCUT2D eigenvalue weighted by molar-refractivity contribution is 6.30. The zero-order chi connectivity index (χ0) is 18.4. The van der Waals surface area contributed by atoms with Gasteiger partial charge in [0.25, 0.3) is 11.8 Å². The summed E-state index contributed by atoms with van der Waals surface area (Å²) in [7, 11) is 0. The van der Waals surface area contributed by atoms with E-state index in [1.54, 1.807) is 48.5 Å². The lowest BCUT2D eigenvalue weighted by atomic mass is 10.1. The van der Waals surface area contributed by atoms with Gasteiger partial charge in [0.05, 0.1) is 24.5 Å². The van der Waals surface area contributed by atoms with Gasteiger partial charge < -0.3 is 20.3 Å². The fourth-order valence-electron chi connectivity index (χ4n) is 2.78. The third-order valence-electron chi connectivity index (χ3n) is 4.16. The molecule has 26 heavy (non-hydrogen) atoms. The molecule has 0 unspecified atom stereocenters. The van der Waals surface area contributed by atoms with Crippen molar-refractivity contribution in [2.24, 2.45) is 0 Å². The number of hydrogen-bond acceptors (Lipinski definition) is 3. The van der Waals surface area contributed by atoms with Gasteiger partial charge >= 0.3 is 0 Å². The largest absolute Gasteiger partial charge is 0.370 e. The van der Waals surface area contributed by atoms with Gasteiger partial charge in [0.1, 0.15) is 13.1 Å². The average Bonchev–Trinajstić information content (AvgIpc) is 2.65. The summed E-state index contributed by atoms with van der Waals surface area (Å²) in [6, 6.07) is 13.8. The van der Waals surface area contributed by atoms with E-state index in [1.165, 1.54) is 4.90 Å². The number of carbonyl (C=O) groups excluding carboxylic acids is 2. The number of quaternary nitrogens is 1. The molecular weight excluding hydrogens is 354 g/mol. The zero-order valence-corrected chi connectivity index (χ0v) is 15.0. The molecule has 136 valence electrons. The number of ether oxygens (including phenoxy) is 1. The Morgan fingerprint density at radius 2 is 1.69 bits per heavy atom. The Balaban J connectivity index is 1.65. The van der Waals surface area contributed by atoms with Crippen molar-refractivity contribution < 1.29 is 19.2 Å². The van der Waals surface area contributed by atoms with Crippen molar-refractivity contribution in [1.29, 1.82) is 0 Å². The smallest absolute Gasteiger partial charge is 0.279 e. The number of halogens is 1. The lowest BCUT2D eigenvalue weighted by Gasteiger charge is -2.23. The van der Waals surface area contributed by atoms with Crippen LogP contribution in [0.5, 0.6) is 0 Å². The molecule has 3 rings (SSSR count). The number of morpholine rings is 1. The molecule has 0 radical (unpaired) electrons. The first-order valence-electron chi connectivity index (χ1n) is 8.49. The molecule has 0 atom stereocenters. The highest BCUT2D eigenvalue weighted by atomic mass is 35.5. The van der Waals surface area contributed by atoms with Gasteiger partial charge in [0.2, 0.25) is 0 Å². The maximum absolute atomic E-state index is 12.6. The Morgan fingerprint density at radius 3 is 2.42 bits per heavy atom. The van der Waals surface area contributed by atoms with Gasteiger partial charge in [-0.05, 0) is 36.4 Å². The van der Waals surface area contributed by atoms with Crippen LogP contribution >= 0.6 is 11.6 Å². The van der Waals surface area contributed by atoms with Gasteiger partial charge in [-0.15, -0.1) is 0 Å². The third kappa shape index (κ3) is 5.05. The van der Waals surface area contributed by atoms with Crippen LogP contribution in [0.25, 0.3) is 0 Å². The molecule has 3 N–H and O–H groups in total. The molecule has 2 aromatic rings. The van der Waals surface area contributed by atoms with Crippen LogP contribution in [0.1, 0.15) is 10.4 Å². The van der Waals surface area contributed by atoms with E-state index in [0.29, 0.717) is 41.7 Å². The summed E-state index contributed by atoms with van der Waals surface area (Å²) in [5.74, 6) is -0.407. The summed E-state index contributed by atoms with van der Waals surface area (Å²) in [4.78, 5) is 26.1. The van der Waals surface area contributed by atoms with Crippen molar-refractivity contribution in [1.82, 2.24) is 0 Å². The van der Waals surface area contributed by atoms with Crippen molar-refractivity contribution in [3.63, 3.8) is 0 Å². The van der Waals surface area contributed by atoms with Gasteiger partial charge in [-0.25, -0.2) is 0 Å². The number of carbonyl (C=O) groups is 2. The normalized spacial score (nSPS) is 14.7. The van der Waals surface area contributed by atoms with Crippen LogP contribution in [-0.4, -0.2) is 44.7 Å². The highest BCUT2D eigenvalue weighted by Crippen LogP contribution is 2.18. The second-order valence-corrected chi connectivity index (χ2v) is 6.53. The third-order valence-corrected chi connectivity index (χ3v) is 4.41. The molecule has 1 aliphatic heterocycles. The quantitative estimate of drug-likeness (QED) is 0.741. The van der Waals surface area contributed by atoms with Crippen molar-refractivity contribution in [3.05, 3.63) is 59.1 Å². The molecule has 0 saturated carbocycles. The molecule has 6 nitrogen and oxygen atoms in total. The van der Waals surface area contributed by atoms with Crippen LogP contribution in [-0.2, 0) is 9.53 Å². The minimum Gasteiger partial charge on any atom is -0.370 e. The number of nitrogens with one attached hydrogen (secondary N) is 3. The van der Waals surface area contributed by atoms with Gasteiger partial charge in [0.15, 0.2) is 6.54 Å². The van der Waals surface area contributed by atoms with E-state index < -0.39 is 0 Å². The van der Waals surface area contributed by atoms with Crippen molar-refractivity contribution >= 4 is 34.8 Å². The fourth-order valence-corrected chi connectivity index (χ4v) is 2.91. The van der Waals surface area contributed by atoms with Crippen molar-refractivity contribution in [2.45, 2.75) is 0 Å². The van der Waals surface area contributed by atoms with E-state index in [2.05, 4.69) is 10.6 Å². The molecule has 1 fully saturated rings. The summed E-state index contributed by atoms with van der Waals surface area (Å²) < 4.78 is 5.30. The van der Waals surface area contributed by atoms with E-state index in [-0.39, 0.29) is 11.8 Å². The lowest BCUT2D eigenvalue weighted by Crippen LogP contribution is -3.15. The summed E-state index contributed by atoms with van der Waals surface area (Å²) in [6.45, 7) is 3.32. The first-order valence-corrected chi connectivity index (χ1v) is 8.87. The topological polar surface area (TPSA) is 71.9 Å². The van der Waals surface area contributed by atoms with Crippen molar-refractivity contribution in [3.8, 4) is 0 Å². The fraction of sp³-hybridized carbons (Fsp3) is 0.263. The zero-order valence-electron chi connectivity index (χ0n) is 14.3. The molecule has 0 spiro atoms. The predicted molar refractivity (Wildman–Crippen MR) is 101 cm³/mol. The average molecular weight is 375 g/mol. The molecule has 1 saturated heterocycles. The van der Waals surface area contributed by atoms with Gasteiger partial charge in [-0.1, -0.05) is 23.7 Å². The summed E-state index contributed by atoms with van der Waals surface area (Å²) in [5, 5.41) is 6.26. The Kier molecular flexibility index (Phi) is 6.22. The van der Waals surface area contributed by atoms with Crippen LogP contribution in [0, 0.1) is 0 Å². The van der Waals surface area contributed by atoms with E-state index in [4.69, 9.17) is 16.3 Å². The first-order chi connectivity index (χ1) is 12.6. The summed E-state index contributed by atoms with van der Waals surface area (Å²) in [6.07, 6.45) is 0. The van der Waals surface area contributed by atoms with Gasteiger partial charge in [0, 0.05) is 10.7 Å². The summed E-state index contributed by atoms with van der Waals surface area (Å²) >= 11 is 5.86. The Labute approximate surface area is 157 Å². The molecule has 0 aromatic heterocycles.